The van der Waals surface area contributed by atoms with Gasteiger partial charge in [-0.15, -0.1) is 0 Å². The Morgan fingerprint density at radius 2 is 1.86 bits per heavy atom. The number of fused-ring (bicyclic) bond motifs is 5. The van der Waals surface area contributed by atoms with E-state index in [-0.39, 0.29) is 36.8 Å². The topological polar surface area (TPSA) is 66.9 Å². The molecular weight excluding hydrogens is 436 g/mol. The molecule has 1 aromatic carbocycles. The van der Waals surface area contributed by atoms with Gasteiger partial charge in [0.05, 0.1) is 31.0 Å². The number of ether oxygens (including phenoxy) is 1. The van der Waals surface area contributed by atoms with Gasteiger partial charge in [0.2, 0.25) is 11.8 Å². The van der Waals surface area contributed by atoms with E-state index in [1.807, 2.05) is 56.0 Å². The van der Waals surface area contributed by atoms with Crippen LogP contribution < -0.4 is 4.90 Å². The maximum atomic E-state index is 13.5. The normalized spacial score (nSPS) is 27.9. The van der Waals surface area contributed by atoms with E-state index in [0.717, 1.165) is 15.7 Å². The van der Waals surface area contributed by atoms with Crippen molar-refractivity contribution in [3.05, 3.63) is 34.3 Å². The fourth-order valence-corrected chi connectivity index (χ4v) is 5.13. The van der Waals surface area contributed by atoms with Crippen LogP contribution in [0.4, 0.5) is 5.69 Å². The van der Waals surface area contributed by atoms with Crippen LogP contribution in [0.2, 0.25) is 0 Å². The van der Waals surface area contributed by atoms with Crippen molar-refractivity contribution in [1.29, 1.82) is 0 Å². The SMILES string of the molecule is COCCN1C(=O)C2C(C1=O)C(C(=O)C(C)(C)C)N1c3ccc(Br)cc3C=CC21. The third-order valence-corrected chi connectivity index (χ3v) is 6.58. The second kappa shape index (κ2) is 7.06. The number of anilines is 1. The number of imide groups is 1. The van der Waals surface area contributed by atoms with E-state index in [1.54, 1.807) is 7.11 Å². The summed E-state index contributed by atoms with van der Waals surface area (Å²) in [6.45, 7) is 6.10. The van der Waals surface area contributed by atoms with Crippen molar-refractivity contribution in [2.75, 3.05) is 25.2 Å². The molecule has 6 nitrogen and oxygen atoms in total. The van der Waals surface area contributed by atoms with Crippen molar-refractivity contribution in [1.82, 2.24) is 4.90 Å². The van der Waals surface area contributed by atoms with Crippen molar-refractivity contribution in [2.45, 2.75) is 32.9 Å². The molecule has 4 rings (SSSR count). The van der Waals surface area contributed by atoms with Crippen LogP contribution in [0.5, 0.6) is 0 Å². The number of amides is 2. The molecule has 7 heteroatoms. The molecule has 0 spiro atoms. The Kier molecular flexibility index (Phi) is 4.94. The maximum Gasteiger partial charge on any atom is 0.235 e. The number of hydrogen-bond donors (Lipinski definition) is 0. The number of rotatable bonds is 4. The van der Waals surface area contributed by atoms with Gasteiger partial charge in [-0.2, -0.15) is 0 Å². The summed E-state index contributed by atoms with van der Waals surface area (Å²) >= 11 is 3.49. The van der Waals surface area contributed by atoms with E-state index in [0.29, 0.717) is 0 Å². The average Bonchev–Trinajstić information content (AvgIpc) is 3.12. The molecule has 2 fully saturated rings. The van der Waals surface area contributed by atoms with E-state index < -0.39 is 23.3 Å². The monoisotopic (exact) mass is 460 g/mol. The standard InChI is InChI=1S/C22H25BrN2O4/c1-22(2,3)19(26)18-17-16(20(27)24(21(17)28)9-10-29-4)15-7-5-12-11-13(23)6-8-14(12)25(15)18/h5-8,11,15-18H,9-10H2,1-4H3. The maximum absolute atomic E-state index is 13.5. The number of likely N-dealkylation sites (tertiary alicyclic amines) is 1. The quantitative estimate of drug-likeness (QED) is 0.646. The molecule has 4 atom stereocenters. The summed E-state index contributed by atoms with van der Waals surface area (Å²) in [5.41, 5.74) is 1.23. The zero-order chi connectivity index (χ0) is 21.1. The third-order valence-electron chi connectivity index (χ3n) is 6.09. The summed E-state index contributed by atoms with van der Waals surface area (Å²) in [6.07, 6.45) is 3.95. The first-order valence-corrected chi connectivity index (χ1v) is 10.6. The molecule has 0 radical (unpaired) electrons. The predicted octanol–water partition coefficient (Wildman–Crippen LogP) is 2.90. The van der Waals surface area contributed by atoms with Crippen LogP contribution in [0.3, 0.4) is 0 Å². The highest BCUT2D eigenvalue weighted by Crippen LogP contribution is 2.50. The van der Waals surface area contributed by atoms with E-state index >= 15 is 0 Å². The summed E-state index contributed by atoms with van der Waals surface area (Å²) in [6, 6.07) is 4.89. The van der Waals surface area contributed by atoms with Gasteiger partial charge in [-0.05, 0) is 23.8 Å². The summed E-state index contributed by atoms with van der Waals surface area (Å²) < 4.78 is 6.01. The largest absolute Gasteiger partial charge is 0.383 e. The molecule has 3 aliphatic rings. The Bertz CT molecular complexity index is 920. The molecule has 3 heterocycles. The van der Waals surface area contributed by atoms with Crippen molar-refractivity contribution in [3.63, 3.8) is 0 Å². The van der Waals surface area contributed by atoms with E-state index in [4.69, 9.17) is 4.74 Å². The van der Waals surface area contributed by atoms with Gasteiger partial charge in [0.1, 0.15) is 6.04 Å². The van der Waals surface area contributed by atoms with Crippen LogP contribution in [-0.4, -0.2) is 54.8 Å². The van der Waals surface area contributed by atoms with Crippen LogP contribution in [0, 0.1) is 17.3 Å². The molecule has 2 saturated heterocycles. The van der Waals surface area contributed by atoms with Gasteiger partial charge in [-0.1, -0.05) is 48.9 Å². The molecule has 2 amide bonds. The summed E-state index contributed by atoms with van der Waals surface area (Å²) in [7, 11) is 1.54. The van der Waals surface area contributed by atoms with Gasteiger partial charge in [0.15, 0.2) is 5.78 Å². The highest BCUT2D eigenvalue weighted by molar-refractivity contribution is 9.10. The molecule has 0 N–H and O–H groups in total. The predicted molar refractivity (Wildman–Crippen MR) is 113 cm³/mol. The number of Topliss-reactive ketones (excluding diaryl/α,β-unsaturated/α-hetero) is 1. The average molecular weight is 461 g/mol. The lowest BCUT2D eigenvalue weighted by atomic mass is 9.79. The number of methoxy groups -OCH3 is 1. The smallest absolute Gasteiger partial charge is 0.235 e. The minimum atomic E-state index is -0.671. The van der Waals surface area contributed by atoms with Gasteiger partial charge >= 0.3 is 0 Å². The number of nitrogens with zero attached hydrogens (tertiary/aromatic N) is 2. The Labute approximate surface area is 179 Å². The second-order valence-electron chi connectivity index (χ2n) is 8.89. The number of halogens is 1. The number of ketones is 1. The van der Waals surface area contributed by atoms with E-state index in [9.17, 15) is 14.4 Å². The summed E-state index contributed by atoms with van der Waals surface area (Å²) in [5.74, 6) is -1.71. The van der Waals surface area contributed by atoms with Crippen molar-refractivity contribution >= 4 is 45.3 Å². The number of hydrogen-bond acceptors (Lipinski definition) is 5. The zero-order valence-electron chi connectivity index (χ0n) is 17.0. The Hall–Kier alpha value is -1.99. The number of carbonyl (C=O) groups is 3. The molecule has 3 aliphatic heterocycles. The molecule has 0 aliphatic carbocycles. The molecule has 0 bridgehead atoms. The van der Waals surface area contributed by atoms with Gasteiger partial charge in [0, 0.05) is 22.7 Å². The molecule has 1 aromatic rings. The molecule has 154 valence electrons. The first-order valence-electron chi connectivity index (χ1n) is 9.81. The van der Waals surface area contributed by atoms with Gasteiger partial charge in [0.25, 0.3) is 0 Å². The molecule has 4 unspecified atom stereocenters. The fourth-order valence-electron chi connectivity index (χ4n) is 4.75. The zero-order valence-corrected chi connectivity index (χ0v) is 18.6. The Morgan fingerprint density at radius 1 is 1.17 bits per heavy atom. The van der Waals surface area contributed by atoms with E-state index in [2.05, 4.69) is 15.9 Å². The molecule has 0 aromatic heterocycles. The number of carbonyl (C=O) groups excluding carboxylic acids is 3. The van der Waals surface area contributed by atoms with Crippen molar-refractivity contribution < 1.29 is 19.1 Å². The lowest BCUT2D eigenvalue weighted by molar-refractivity contribution is -0.142. The lowest BCUT2D eigenvalue weighted by Gasteiger charge is -2.38. The summed E-state index contributed by atoms with van der Waals surface area (Å²) in [4.78, 5) is 43.3. The fraction of sp³-hybridized carbons (Fsp3) is 0.500. The first kappa shape index (κ1) is 20.3. The first-order chi connectivity index (χ1) is 13.7. The lowest BCUT2D eigenvalue weighted by Crippen LogP contribution is -2.51. The third kappa shape index (κ3) is 3.06. The van der Waals surface area contributed by atoms with Crippen molar-refractivity contribution in [2.24, 2.45) is 17.3 Å². The highest BCUT2D eigenvalue weighted by Gasteiger charge is 2.64. The van der Waals surface area contributed by atoms with Crippen LogP contribution >= 0.6 is 15.9 Å². The minimum absolute atomic E-state index is 0.0195. The second-order valence-corrected chi connectivity index (χ2v) is 9.81. The van der Waals surface area contributed by atoms with Crippen LogP contribution in [0.15, 0.2) is 28.7 Å². The highest BCUT2D eigenvalue weighted by atomic mass is 79.9. The molecular formula is C22H25BrN2O4. The van der Waals surface area contributed by atoms with Gasteiger partial charge < -0.3 is 9.64 Å². The van der Waals surface area contributed by atoms with Crippen LogP contribution in [0.25, 0.3) is 6.08 Å². The van der Waals surface area contributed by atoms with E-state index in [1.165, 1.54) is 4.90 Å². The Balaban J connectivity index is 1.83. The molecule has 29 heavy (non-hydrogen) atoms. The van der Waals surface area contributed by atoms with Gasteiger partial charge in [-0.3, -0.25) is 19.3 Å². The Morgan fingerprint density at radius 3 is 2.52 bits per heavy atom. The number of benzene rings is 1. The summed E-state index contributed by atoms with van der Waals surface area (Å²) in [5, 5.41) is 0. The minimum Gasteiger partial charge on any atom is -0.383 e. The molecule has 0 saturated carbocycles. The van der Waals surface area contributed by atoms with Crippen LogP contribution in [-0.2, 0) is 19.1 Å². The van der Waals surface area contributed by atoms with Gasteiger partial charge in [-0.25, -0.2) is 0 Å². The van der Waals surface area contributed by atoms with Crippen molar-refractivity contribution in [3.8, 4) is 0 Å². The van der Waals surface area contributed by atoms with Crippen LogP contribution in [0.1, 0.15) is 26.3 Å².